The van der Waals surface area contributed by atoms with E-state index in [1.54, 1.807) is 6.21 Å². The largest absolute Gasteiger partial charge is 0.455 e. The Labute approximate surface area is 170 Å². The van der Waals surface area contributed by atoms with Crippen LogP contribution in [0, 0.1) is 6.92 Å². The number of anilines is 1. The fourth-order valence-corrected chi connectivity index (χ4v) is 3.40. The number of aromatic nitrogens is 4. The summed E-state index contributed by atoms with van der Waals surface area (Å²) in [4.78, 5) is 7.73. The molecule has 0 aliphatic rings. The molecule has 2 aromatic carbocycles. The van der Waals surface area contributed by atoms with Crippen molar-refractivity contribution < 1.29 is 4.42 Å². The Bertz CT molecular complexity index is 1370. The molecule has 3 heterocycles. The number of hydrazone groups is 1. The fourth-order valence-electron chi connectivity index (χ4n) is 3.17. The Morgan fingerprint density at radius 2 is 1.97 bits per heavy atom. The van der Waals surface area contributed by atoms with E-state index in [1.807, 2.05) is 61.5 Å². The van der Waals surface area contributed by atoms with E-state index in [1.165, 1.54) is 0 Å². The van der Waals surface area contributed by atoms with Crippen molar-refractivity contribution in [3.05, 3.63) is 70.9 Å². The van der Waals surface area contributed by atoms with Gasteiger partial charge in [0.15, 0.2) is 5.65 Å². The first-order valence-corrected chi connectivity index (χ1v) is 9.32. The lowest BCUT2D eigenvalue weighted by Gasteiger charge is -1.99. The van der Waals surface area contributed by atoms with Crippen LogP contribution in [0.3, 0.4) is 0 Å². The van der Waals surface area contributed by atoms with Crippen molar-refractivity contribution >= 4 is 45.8 Å². The van der Waals surface area contributed by atoms with Gasteiger partial charge in [-0.05, 0) is 36.8 Å². The van der Waals surface area contributed by atoms with Crippen LogP contribution in [0.2, 0.25) is 5.02 Å². The monoisotopic (exact) mass is 402 g/mol. The van der Waals surface area contributed by atoms with Crippen LogP contribution in [0.5, 0.6) is 0 Å². The lowest BCUT2D eigenvalue weighted by Crippen LogP contribution is -1.98. The first-order chi connectivity index (χ1) is 14.2. The second-order valence-corrected chi connectivity index (χ2v) is 6.91. The zero-order chi connectivity index (χ0) is 19.8. The first-order valence-electron chi connectivity index (χ1n) is 8.94. The van der Waals surface area contributed by atoms with Gasteiger partial charge in [0.05, 0.1) is 16.8 Å². The number of H-pyrrole nitrogens is 1. The number of halogens is 1. The smallest absolute Gasteiger partial charge is 0.265 e. The van der Waals surface area contributed by atoms with Gasteiger partial charge in [-0.3, -0.25) is 0 Å². The van der Waals surface area contributed by atoms with Gasteiger partial charge in [0.25, 0.3) is 5.95 Å². The molecule has 3 aromatic heterocycles. The van der Waals surface area contributed by atoms with Gasteiger partial charge in [-0.15, -0.1) is 10.2 Å². The van der Waals surface area contributed by atoms with E-state index in [2.05, 4.69) is 30.7 Å². The van der Waals surface area contributed by atoms with Crippen LogP contribution in [-0.2, 0) is 0 Å². The molecule has 0 unspecified atom stereocenters. The molecular formula is C21H15ClN6O. The molecule has 0 spiro atoms. The normalized spacial score (nSPS) is 11.7. The maximum atomic E-state index is 6.21. The van der Waals surface area contributed by atoms with Gasteiger partial charge in [-0.2, -0.15) is 10.1 Å². The van der Waals surface area contributed by atoms with Gasteiger partial charge in [0, 0.05) is 10.9 Å². The molecule has 0 fully saturated rings. The molecule has 142 valence electrons. The molecule has 0 bridgehead atoms. The minimum absolute atomic E-state index is 0.288. The molecule has 7 nitrogen and oxygen atoms in total. The summed E-state index contributed by atoms with van der Waals surface area (Å²) < 4.78 is 5.78. The number of aromatic amines is 1. The Balaban J connectivity index is 1.37. The number of para-hydroxylation sites is 1. The Morgan fingerprint density at radius 3 is 2.86 bits per heavy atom. The fraction of sp³-hybridized carbons (Fsp3) is 0.0476. The number of rotatable bonds is 4. The molecule has 0 radical (unpaired) electrons. The van der Waals surface area contributed by atoms with E-state index in [0.717, 1.165) is 27.5 Å². The molecule has 0 atom stereocenters. The number of hydrogen-bond acceptors (Lipinski definition) is 6. The maximum Gasteiger partial charge on any atom is 0.265 e. The highest BCUT2D eigenvalue weighted by Crippen LogP contribution is 2.28. The molecular weight excluding hydrogens is 388 g/mol. The van der Waals surface area contributed by atoms with Gasteiger partial charge in [0.1, 0.15) is 17.0 Å². The Kier molecular flexibility index (Phi) is 4.22. The van der Waals surface area contributed by atoms with E-state index >= 15 is 0 Å². The third kappa shape index (κ3) is 3.21. The summed E-state index contributed by atoms with van der Waals surface area (Å²) in [5, 5.41) is 14.1. The van der Waals surface area contributed by atoms with Crippen molar-refractivity contribution in [2.24, 2.45) is 5.10 Å². The molecule has 0 saturated heterocycles. The number of aryl methyl sites for hydroxylation is 1. The lowest BCUT2D eigenvalue weighted by molar-refractivity contribution is 0.575. The predicted octanol–water partition coefficient (Wildman–Crippen LogP) is 5.17. The second kappa shape index (κ2) is 7.03. The van der Waals surface area contributed by atoms with Crippen molar-refractivity contribution in [3.63, 3.8) is 0 Å². The van der Waals surface area contributed by atoms with Crippen LogP contribution in [0.25, 0.3) is 33.4 Å². The summed E-state index contributed by atoms with van der Waals surface area (Å²) >= 11 is 6.21. The van der Waals surface area contributed by atoms with Crippen LogP contribution in [0.1, 0.15) is 11.3 Å². The van der Waals surface area contributed by atoms with Crippen molar-refractivity contribution in [1.82, 2.24) is 20.2 Å². The number of fused-ring (bicyclic) bond motifs is 3. The van der Waals surface area contributed by atoms with Crippen LogP contribution >= 0.6 is 11.6 Å². The number of nitrogens with one attached hydrogen (secondary N) is 2. The SMILES string of the molecule is Cc1cccc2c1[nH]c1nc(N/N=C\c3ccc(-c4ccccc4Cl)o3)nnc12. The standard InChI is InChI=1S/C21H15ClN6O/c1-12-5-4-7-15-18(12)24-20-19(15)26-28-21(25-20)27-23-11-13-9-10-17(29-13)14-6-2-3-8-16(14)22/h2-11H,1H3,(H2,24,25,27,28)/b23-11-. The van der Waals surface area contributed by atoms with Gasteiger partial charge in [-0.25, -0.2) is 5.43 Å². The molecule has 5 aromatic rings. The number of nitrogens with zero attached hydrogens (tertiary/aromatic N) is 4. The highest BCUT2D eigenvalue weighted by molar-refractivity contribution is 6.33. The van der Waals surface area contributed by atoms with E-state index in [-0.39, 0.29) is 5.95 Å². The van der Waals surface area contributed by atoms with Crippen molar-refractivity contribution in [1.29, 1.82) is 0 Å². The number of furan rings is 1. The van der Waals surface area contributed by atoms with Gasteiger partial charge >= 0.3 is 0 Å². The van der Waals surface area contributed by atoms with Gasteiger partial charge in [-0.1, -0.05) is 41.9 Å². The average molecular weight is 403 g/mol. The number of hydrogen-bond donors (Lipinski definition) is 2. The highest BCUT2D eigenvalue weighted by atomic mass is 35.5. The molecule has 0 aliphatic heterocycles. The van der Waals surface area contributed by atoms with Crippen molar-refractivity contribution in [2.45, 2.75) is 6.92 Å². The predicted molar refractivity (Wildman–Crippen MR) is 114 cm³/mol. The van der Waals surface area contributed by atoms with Gasteiger partial charge < -0.3 is 9.40 Å². The third-order valence-corrected chi connectivity index (χ3v) is 4.91. The third-order valence-electron chi connectivity index (χ3n) is 4.58. The minimum Gasteiger partial charge on any atom is -0.455 e. The van der Waals surface area contributed by atoms with Crippen LogP contribution in [0.4, 0.5) is 5.95 Å². The lowest BCUT2D eigenvalue weighted by atomic mass is 10.1. The Morgan fingerprint density at radius 1 is 1.07 bits per heavy atom. The zero-order valence-electron chi connectivity index (χ0n) is 15.3. The van der Waals surface area contributed by atoms with Crippen molar-refractivity contribution in [3.8, 4) is 11.3 Å². The molecule has 29 heavy (non-hydrogen) atoms. The van der Waals surface area contributed by atoms with Crippen LogP contribution in [-0.4, -0.2) is 26.4 Å². The summed E-state index contributed by atoms with van der Waals surface area (Å²) in [6, 6.07) is 17.2. The first kappa shape index (κ1) is 17.4. The summed E-state index contributed by atoms with van der Waals surface area (Å²) in [5.74, 6) is 1.53. The topological polar surface area (TPSA) is 92.0 Å². The molecule has 0 amide bonds. The van der Waals surface area contributed by atoms with Crippen LogP contribution < -0.4 is 5.43 Å². The van der Waals surface area contributed by atoms with E-state index in [4.69, 9.17) is 16.0 Å². The highest BCUT2D eigenvalue weighted by Gasteiger charge is 2.10. The summed E-state index contributed by atoms with van der Waals surface area (Å²) in [6.45, 7) is 2.04. The van der Waals surface area contributed by atoms with Gasteiger partial charge in [0.2, 0.25) is 0 Å². The summed E-state index contributed by atoms with van der Waals surface area (Å²) in [7, 11) is 0. The quantitative estimate of drug-likeness (QED) is 0.319. The minimum atomic E-state index is 0.288. The Hall–Kier alpha value is -3.71. The zero-order valence-corrected chi connectivity index (χ0v) is 16.1. The summed E-state index contributed by atoms with van der Waals surface area (Å²) in [6.07, 6.45) is 1.54. The molecule has 0 saturated carbocycles. The second-order valence-electron chi connectivity index (χ2n) is 6.51. The van der Waals surface area contributed by atoms with E-state index in [9.17, 15) is 0 Å². The molecule has 0 aliphatic carbocycles. The average Bonchev–Trinajstić information content (AvgIpc) is 3.34. The van der Waals surface area contributed by atoms with E-state index < -0.39 is 0 Å². The van der Waals surface area contributed by atoms with Crippen molar-refractivity contribution in [2.75, 3.05) is 5.43 Å². The molecule has 2 N–H and O–H groups in total. The van der Waals surface area contributed by atoms with Crippen LogP contribution in [0.15, 0.2) is 64.1 Å². The summed E-state index contributed by atoms with van der Waals surface area (Å²) in [5.41, 5.74) is 7.13. The van der Waals surface area contributed by atoms with E-state index in [0.29, 0.717) is 22.2 Å². The number of benzene rings is 2. The molecule has 8 heteroatoms. The molecule has 5 rings (SSSR count). The maximum absolute atomic E-state index is 6.21.